The van der Waals surface area contributed by atoms with Gasteiger partial charge in [0.1, 0.15) is 0 Å². The van der Waals surface area contributed by atoms with E-state index in [-0.39, 0.29) is 5.91 Å². The molecule has 3 aromatic rings. The van der Waals surface area contributed by atoms with E-state index < -0.39 is 5.91 Å². The first-order valence-electron chi connectivity index (χ1n) is 9.50. The monoisotopic (exact) mass is 390 g/mol. The zero-order chi connectivity index (χ0) is 21.0. The van der Waals surface area contributed by atoms with Crippen molar-refractivity contribution in [3.63, 3.8) is 0 Å². The van der Waals surface area contributed by atoms with Gasteiger partial charge in [-0.15, -0.1) is 0 Å². The van der Waals surface area contributed by atoms with Crippen molar-refractivity contribution in [1.29, 1.82) is 0 Å². The summed E-state index contributed by atoms with van der Waals surface area (Å²) in [6.07, 6.45) is 0. The SMILES string of the molecule is Cc1cc(C(=O)NCc2ccc(CN)cc2)c(C)n1Cc1cccc(C(N)=O)c1. The Hall–Kier alpha value is -3.38. The minimum Gasteiger partial charge on any atom is -0.366 e. The van der Waals surface area contributed by atoms with Crippen LogP contribution in [-0.4, -0.2) is 16.4 Å². The van der Waals surface area contributed by atoms with Gasteiger partial charge in [-0.3, -0.25) is 9.59 Å². The van der Waals surface area contributed by atoms with Crippen LogP contribution in [0.1, 0.15) is 48.8 Å². The second-order valence-electron chi connectivity index (χ2n) is 7.14. The first-order valence-corrected chi connectivity index (χ1v) is 9.50. The number of nitrogens with two attached hydrogens (primary N) is 2. The minimum atomic E-state index is -0.452. The number of aryl methyl sites for hydroxylation is 1. The highest BCUT2D eigenvalue weighted by Gasteiger charge is 2.16. The second-order valence-corrected chi connectivity index (χ2v) is 7.14. The molecule has 2 aromatic carbocycles. The fraction of sp³-hybridized carbons (Fsp3) is 0.217. The Kier molecular flexibility index (Phi) is 6.14. The van der Waals surface area contributed by atoms with E-state index in [0.717, 1.165) is 28.1 Å². The molecule has 0 saturated carbocycles. The van der Waals surface area contributed by atoms with Crippen LogP contribution in [0.5, 0.6) is 0 Å². The topological polar surface area (TPSA) is 103 Å². The minimum absolute atomic E-state index is 0.113. The number of aromatic nitrogens is 1. The third-order valence-electron chi connectivity index (χ3n) is 5.08. The van der Waals surface area contributed by atoms with Crippen LogP contribution in [0.4, 0.5) is 0 Å². The number of nitrogens with zero attached hydrogens (tertiary/aromatic N) is 1. The van der Waals surface area contributed by atoms with Gasteiger partial charge in [0.15, 0.2) is 0 Å². The predicted molar refractivity (Wildman–Crippen MR) is 113 cm³/mol. The van der Waals surface area contributed by atoms with Crippen LogP contribution in [0, 0.1) is 13.8 Å². The summed E-state index contributed by atoms with van der Waals surface area (Å²) in [4.78, 5) is 24.1. The highest BCUT2D eigenvalue weighted by atomic mass is 16.2. The summed E-state index contributed by atoms with van der Waals surface area (Å²) in [6, 6.07) is 17.0. The highest BCUT2D eigenvalue weighted by Crippen LogP contribution is 2.18. The fourth-order valence-corrected chi connectivity index (χ4v) is 3.35. The first kappa shape index (κ1) is 20.4. The number of hydrogen-bond donors (Lipinski definition) is 3. The normalized spacial score (nSPS) is 10.7. The van der Waals surface area contributed by atoms with Gasteiger partial charge in [-0.25, -0.2) is 0 Å². The van der Waals surface area contributed by atoms with Crippen LogP contribution in [0.15, 0.2) is 54.6 Å². The smallest absolute Gasteiger partial charge is 0.253 e. The maximum absolute atomic E-state index is 12.7. The summed E-state index contributed by atoms with van der Waals surface area (Å²) in [5, 5.41) is 2.98. The van der Waals surface area contributed by atoms with Crippen molar-refractivity contribution in [2.75, 3.05) is 0 Å². The fourth-order valence-electron chi connectivity index (χ4n) is 3.35. The van der Waals surface area contributed by atoms with Crippen molar-refractivity contribution in [2.24, 2.45) is 11.5 Å². The van der Waals surface area contributed by atoms with Crippen molar-refractivity contribution in [2.45, 2.75) is 33.5 Å². The van der Waals surface area contributed by atoms with Gasteiger partial charge in [-0.2, -0.15) is 0 Å². The lowest BCUT2D eigenvalue weighted by atomic mass is 10.1. The maximum atomic E-state index is 12.7. The molecule has 0 fully saturated rings. The molecule has 3 rings (SSSR count). The molecule has 0 spiro atoms. The van der Waals surface area contributed by atoms with Gasteiger partial charge in [0.2, 0.25) is 5.91 Å². The van der Waals surface area contributed by atoms with E-state index in [1.165, 1.54) is 0 Å². The average molecular weight is 390 g/mol. The van der Waals surface area contributed by atoms with Gasteiger partial charge in [-0.1, -0.05) is 36.4 Å². The van der Waals surface area contributed by atoms with Gasteiger partial charge in [0.05, 0.1) is 5.56 Å². The lowest BCUT2D eigenvalue weighted by Crippen LogP contribution is -2.23. The lowest BCUT2D eigenvalue weighted by molar-refractivity contribution is 0.0949. The molecule has 6 nitrogen and oxygen atoms in total. The number of primary amides is 1. The Morgan fingerprint density at radius 2 is 1.66 bits per heavy atom. The average Bonchev–Trinajstić information content (AvgIpc) is 3.01. The van der Waals surface area contributed by atoms with E-state index in [1.807, 2.05) is 56.3 Å². The molecule has 150 valence electrons. The van der Waals surface area contributed by atoms with Crippen molar-refractivity contribution in [3.05, 3.63) is 93.8 Å². The number of carbonyl (C=O) groups is 2. The summed E-state index contributed by atoms with van der Waals surface area (Å²) < 4.78 is 2.06. The molecule has 1 heterocycles. The summed E-state index contributed by atoms with van der Waals surface area (Å²) in [5.74, 6) is -0.564. The van der Waals surface area contributed by atoms with Crippen LogP contribution >= 0.6 is 0 Å². The molecule has 0 aliphatic heterocycles. The standard InChI is InChI=1S/C23H26N4O2/c1-15-10-21(23(29)26-13-18-8-6-17(12-24)7-9-18)16(2)27(15)14-19-4-3-5-20(11-19)22(25)28/h3-11H,12-14,24H2,1-2H3,(H2,25,28)(H,26,29). The molecule has 1 aromatic heterocycles. The number of nitrogens with one attached hydrogen (secondary N) is 1. The molecule has 5 N–H and O–H groups in total. The third-order valence-corrected chi connectivity index (χ3v) is 5.08. The molecular weight excluding hydrogens is 364 g/mol. The molecule has 0 atom stereocenters. The van der Waals surface area contributed by atoms with E-state index in [2.05, 4.69) is 9.88 Å². The Labute approximate surface area is 170 Å². The number of rotatable bonds is 7. The van der Waals surface area contributed by atoms with Gasteiger partial charge >= 0.3 is 0 Å². The maximum Gasteiger partial charge on any atom is 0.253 e. The van der Waals surface area contributed by atoms with Crippen LogP contribution in [0.3, 0.4) is 0 Å². The van der Waals surface area contributed by atoms with Crippen molar-refractivity contribution >= 4 is 11.8 Å². The number of carbonyl (C=O) groups excluding carboxylic acids is 2. The molecule has 0 aliphatic carbocycles. The third kappa shape index (κ3) is 4.73. The molecule has 0 bridgehead atoms. The lowest BCUT2D eigenvalue weighted by Gasteiger charge is -2.11. The largest absolute Gasteiger partial charge is 0.366 e. The van der Waals surface area contributed by atoms with Crippen molar-refractivity contribution in [3.8, 4) is 0 Å². The van der Waals surface area contributed by atoms with Crippen molar-refractivity contribution < 1.29 is 9.59 Å². The molecule has 6 heteroatoms. The summed E-state index contributed by atoms with van der Waals surface area (Å²) in [6.45, 7) is 5.41. The van der Waals surface area contributed by atoms with Crippen LogP contribution in [-0.2, 0) is 19.6 Å². The molecule has 29 heavy (non-hydrogen) atoms. The quantitative estimate of drug-likeness (QED) is 0.578. The van der Waals surface area contributed by atoms with E-state index in [1.54, 1.807) is 12.1 Å². The molecule has 2 amide bonds. The van der Waals surface area contributed by atoms with E-state index in [9.17, 15) is 9.59 Å². The Morgan fingerprint density at radius 3 is 2.31 bits per heavy atom. The molecule has 0 radical (unpaired) electrons. The molecule has 0 saturated heterocycles. The molecular formula is C23H26N4O2. The highest BCUT2D eigenvalue weighted by molar-refractivity contribution is 5.95. The zero-order valence-electron chi connectivity index (χ0n) is 16.7. The molecule has 0 aliphatic rings. The first-order chi connectivity index (χ1) is 13.9. The van der Waals surface area contributed by atoms with Crippen LogP contribution in [0.2, 0.25) is 0 Å². The zero-order valence-corrected chi connectivity index (χ0v) is 16.7. The van der Waals surface area contributed by atoms with Gasteiger partial charge < -0.3 is 21.4 Å². The Balaban J connectivity index is 1.73. The van der Waals surface area contributed by atoms with Crippen LogP contribution in [0.25, 0.3) is 0 Å². The number of benzene rings is 2. The van der Waals surface area contributed by atoms with Gasteiger partial charge in [-0.05, 0) is 48.7 Å². The van der Waals surface area contributed by atoms with E-state index in [0.29, 0.717) is 30.8 Å². The molecule has 0 unspecified atom stereocenters. The summed E-state index contributed by atoms with van der Waals surface area (Å²) in [7, 11) is 0. The van der Waals surface area contributed by atoms with E-state index >= 15 is 0 Å². The summed E-state index contributed by atoms with van der Waals surface area (Å²) >= 11 is 0. The Morgan fingerprint density at radius 1 is 0.966 bits per heavy atom. The summed E-state index contributed by atoms with van der Waals surface area (Å²) in [5.41, 5.74) is 17.0. The predicted octanol–water partition coefficient (Wildman–Crippen LogP) is 2.64. The van der Waals surface area contributed by atoms with Gasteiger partial charge in [0, 0.05) is 36.6 Å². The van der Waals surface area contributed by atoms with Crippen molar-refractivity contribution in [1.82, 2.24) is 9.88 Å². The van der Waals surface area contributed by atoms with Crippen LogP contribution < -0.4 is 16.8 Å². The number of amides is 2. The van der Waals surface area contributed by atoms with E-state index in [4.69, 9.17) is 11.5 Å². The second kappa shape index (κ2) is 8.75. The van der Waals surface area contributed by atoms with Gasteiger partial charge in [0.25, 0.3) is 5.91 Å². The number of hydrogen-bond acceptors (Lipinski definition) is 3. The Bertz CT molecular complexity index is 1040.